The molecule has 0 bridgehead atoms. The van der Waals surface area contributed by atoms with Gasteiger partial charge in [-0.25, -0.2) is 9.78 Å². The first-order chi connectivity index (χ1) is 9.19. The number of carbonyl (C=O) groups excluding carboxylic acids is 1. The number of esters is 1. The summed E-state index contributed by atoms with van der Waals surface area (Å²) in [4.78, 5) is 16.9. The van der Waals surface area contributed by atoms with E-state index < -0.39 is 0 Å². The number of hydrogen-bond donors (Lipinski definition) is 0. The van der Waals surface area contributed by atoms with Crippen LogP contribution in [-0.4, -0.2) is 17.6 Å². The Morgan fingerprint density at radius 3 is 2.74 bits per heavy atom. The van der Waals surface area contributed by atoms with E-state index in [4.69, 9.17) is 4.74 Å². The van der Waals surface area contributed by atoms with E-state index in [1.54, 1.807) is 25.3 Å². The Balaban J connectivity index is 2.15. The van der Waals surface area contributed by atoms with Crippen LogP contribution in [0, 0.1) is 0 Å². The van der Waals surface area contributed by atoms with Crippen molar-refractivity contribution in [1.29, 1.82) is 0 Å². The van der Waals surface area contributed by atoms with Crippen molar-refractivity contribution in [2.45, 2.75) is 16.8 Å². The van der Waals surface area contributed by atoms with Gasteiger partial charge in [-0.2, -0.15) is 0 Å². The van der Waals surface area contributed by atoms with Gasteiger partial charge in [0.1, 0.15) is 5.03 Å². The number of benzene rings is 1. The van der Waals surface area contributed by atoms with Crippen LogP contribution in [0.3, 0.4) is 0 Å². The molecule has 0 fully saturated rings. The van der Waals surface area contributed by atoms with Crippen LogP contribution in [-0.2, 0) is 4.74 Å². The van der Waals surface area contributed by atoms with Crippen LogP contribution >= 0.6 is 27.7 Å². The summed E-state index contributed by atoms with van der Waals surface area (Å²) in [5.74, 6) is -0.317. The smallest absolute Gasteiger partial charge is 0.338 e. The molecule has 0 aliphatic heterocycles. The fraction of sp³-hybridized carbons (Fsp3) is 0.143. The molecule has 0 unspecified atom stereocenters. The quantitative estimate of drug-likeness (QED) is 0.785. The minimum Gasteiger partial charge on any atom is -0.462 e. The standard InChI is InChI=1S/C14H12BrNO2S/c1-2-18-14(17)10-7-8-16-13(9-10)19-12-5-3-11(15)4-6-12/h3-9H,2H2,1H3. The van der Waals surface area contributed by atoms with Gasteiger partial charge in [0.25, 0.3) is 0 Å². The molecular weight excluding hydrogens is 326 g/mol. The van der Waals surface area contributed by atoms with Gasteiger partial charge in [-0.05, 0) is 43.3 Å². The van der Waals surface area contributed by atoms with Gasteiger partial charge in [-0.15, -0.1) is 0 Å². The van der Waals surface area contributed by atoms with Gasteiger partial charge < -0.3 is 4.74 Å². The fourth-order valence-electron chi connectivity index (χ4n) is 1.43. The first-order valence-corrected chi connectivity index (χ1v) is 7.36. The van der Waals surface area contributed by atoms with Crippen LogP contribution in [0.5, 0.6) is 0 Å². The van der Waals surface area contributed by atoms with Gasteiger partial charge in [0.05, 0.1) is 12.2 Å². The van der Waals surface area contributed by atoms with E-state index in [9.17, 15) is 4.79 Å². The lowest BCUT2D eigenvalue weighted by Crippen LogP contribution is -2.04. The van der Waals surface area contributed by atoms with Crippen molar-refractivity contribution in [2.24, 2.45) is 0 Å². The van der Waals surface area contributed by atoms with E-state index in [-0.39, 0.29) is 5.97 Å². The molecule has 0 radical (unpaired) electrons. The van der Waals surface area contributed by atoms with Crippen molar-refractivity contribution in [1.82, 2.24) is 4.98 Å². The number of nitrogens with zero attached hydrogens (tertiary/aromatic N) is 1. The van der Waals surface area contributed by atoms with Crippen LogP contribution in [0.1, 0.15) is 17.3 Å². The molecule has 5 heteroatoms. The highest BCUT2D eigenvalue weighted by Gasteiger charge is 2.08. The Hall–Kier alpha value is -1.33. The molecule has 0 aliphatic carbocycles. The molecule has 0 aliphatic rings. The van der Waals surface area contributed by atoms with Gasteiger partial charge in [0, 0.05) is 15.6 Å². The highest BCUT2D eigenvalue weighted by molar-refractivity contribution is 9.10. The van der Waals surface area contributed by atoms with Gasteiger partial charge >= 0.3 is 5.97 Å². The van der Waals surface area contributed by atoms with E-state index in [0.29, 0.717) is 12.2 Å². The van der Waals surface area contributed by atoms with E-state index in [0.717, 1.165) is 14.4 Å². The van der Waals surface area contributed by atoms with E-state index in [1.807, 2.05) is 24.3 Å². The maximum absolute atomic E-state index is 11.6. The summed E-state index contributed by atoms with van der Waals surface area (Å²) in [7, 11) is 0. The summed E-state index contributed by atoms with van der Waals surface area (Å²) in [6.07, 6.45) is 1.62. The highest BCUT2D eigenvalue weighted by Crippen LogP contribution is 2.27. The first-order valence-electron chi connectivity index (χ1n) is 5.75. The maximum atomic E-state index is 11.6. The van der Waals surface area contributed by atoms with Crippen LogP contribution < -0.4 is 0 Å². The molecule has 3 nitrogen and oxygen atoms in total. The number of aromatic nitrogens is 1. The number of hydrogen-bond acceptors (Lipinski definition) is 4. The average Bonchev–Trinajstić information content (AvgIpc) is 2.42. The van der Waals surface area contributed by atoms with Crippen molar-refractivity contribution in [3.63, 3.8) is 0 Å². The lowest BCUT2D eigenvalue weighted by Gasteiger charge is -2.04. The summed E-state index contributed by atoms with van der Waals surface area (Å²) in [5, 5.41) is 0.771. The van der Waals surface area contributed by atoms with E-state index >= 15 is 0 Å². The van der Waals surface area contributed by atoms with Crippen molar-refractivity contribution < 1.29 is 9.53 Å². The average molecular weight is 338 g/mol. The Kier molecular flexibility index (Phi) is 4.99. The summed E-state index contributed by atoms with van der Waals surface area (Å²) in [6.45, 7) is 2.16. The zero-order valence-corrected chi connectivity index (χ0v) is 12.7. The molecule has 1 aromatic carbocycles. The Labute approximate surface area is 124 Å². The molecule has 2 aromatic rings. The third-order valence-corrected chi connectivity index (χ3v) is 3.75. The molecule has 1 aromatic heterocycles. The normalized spacial score (nSPS) is 10.2. The number of rotatable bonds is 4. The topological polar surface area (TPSA) is 39.2 Å². The van der Waals surface area contributed by atoms with E-state index in [2.05, 4.69) is 20.9 Å². The zero-order chi connectivity index (χ0) is 13.7. The summed E-state index contributed by atoms with van der Waals surface area (Å²) >= 11 is 4.90. The minimum absolute atomic E-state index is 0.317. The second kappa shape index (κ2) is 6.73. The SMILES string of the molecule is CCOC(=O)c1ccnc(Sc2ccc(Br)cc2)c1. The number of carbonyl (C=O) groups is 1. The third kappa shape index (κ3) is 4.08. The number of halogens is 1. The molecule has 0 amide bonds. The van der Waals surface area contributed by atoms with Crippen molar-refractivity contribution in [2.75, 3.05) is 6.61 Å². The van der Waals surface area contributed by atoms with Crippen LogP contribution in [0.2, 0.25) is 0 Å². The highest BCUT2D eigenvalue weighted by atomic mass is 79.9. The lowest BCUT2D eigenvalue weighted by atomic mass is 10.3. The van der Waals surface area contributed by atoms with Crippen molar-refractivity contribution >= 4 is 33.7 Å². The van der Waals surface area contributed by atoms with Gasteiger partial charge in [-0.1, -0.05) is 27.7 Å². The monoisotopic (exact) mass is 337 g/mol. The Morgan fingerprint density at radius 1 is 1.32 bits per heavy atom. The van der Waals surface area contributed by atoms with E-state index in [1.165, 1.54) is 11.8 Å². The fourth-order valence-corrected chi connectivity index (χ4v) is 2.51. The Bertz CT molecular complexity index is 572. The van der Waals surface area contributed by atoms with Gasteiger partial charge in [0.2, 0.25) is 0 Å². The number of pyridine rings is 1. The van der Waals surface area contributed by atoms with Crippen molar-refractivity contribution in [3.8, 4) is 0 Å². The molecular formula is C14H12BrNO2S. The Morgan fingerprint density at radius 2 is 2.05 bits per heavy atom. The van der Waals surface area contributed by atoms with Crippen LogP contribution in [0.25, 0.3) is 0 Å². The molecule has 98 valence electrons. The largest absolute Gasteiger partial charge is 0.462 e. The molecule has 0 atom stereocenters. The molecule has 1 heterocycles. The zero-order valence-electron chi connectivity index (χ0n) is 10.3. The number of ether oxygens (including phenoxy) is 1. The molecule has 0 spiro atoms. The summed E-state index contributed by atoms with van der Waals surface area (Å²) in [6, 6.07) is 11.3. The van der Waals surface area contributed by atoms with Crippen molar-refractivity contribution in [3.05, 3.63) is 52.6 Å². The lowest BCUT2D eigenvalue weighted by molar-refractivity contribution is 0.0526. The van der Waals surface area contributed by atoms with Gasteiger partial charge in [0.15, 0.2) is 0 Å². The molecule has 0 N–H and O–H groups in total. The maximum Gasteiger partial charge on any atom is 0.338 e. The van der Waals surface area contributed by atoms with Gasteiger partial charge in [-0.3, -0.25) is 0 Å². The molecule has 2 rings (SSSR count). The summed E-state index contributed by atoms with van der Waals surface area (Å²) in [5.41, 5.74) is 0.525. The predicted molar refractivity (Wildman–Crippen MR) is 78.5 cm³/mol. The second-order valence-corrected chi connectivity index (χ2v) is 5.67. The third-order valence-electron chi connectivity index (χ3n) is 2.28. The minimum atomic E-state index is -0.317. The molecule has 19 heavy (non-hydrogen) atoms. The molecule has 0 saturated carbocycles. The second-order valence-electron chi connectivity index (χ2n) is 3.66. The summed E-state index contributed by atoms with van der Waals surface area (Å²) < 4.78 is 6.00. The first kappa shape index (κ1) is 14.1. The predicted octanol–water partition coefficient (Wildman–Crippen LogP) is 4.17. The van der Waals surface area contributed by atoms with Crippen LogP contribution in [0.4, 0.5) is 0 Å². The van der Waals surface area contributed by atoms with Crippen LogP contribution in [0.15, 0.2) is 57.0 Å². The molecule has 0 saturated heterocycles.